The molecule has 0 aliphatic carbocycles. The van der Waals surface area contributed by atoms with E-state index in [-0.39, 0.29) is 0 Å². The van der Waals surface area contributed by atoms with Crippen LogP contribution in [-0.4, -0.2) is 24.2 Å². The van der Waals surface area contributed by atoms with Gasteiger partial charge in [0.25, 0.3) is 0 Å². The number of nitrogens with zero attached hydrogens (tertiary/aromatic N) is 2. The van der Waals surface area contributed by atoms with Crippen LogP contribution in [0.4, 0.5) is 0 Å². The number of rotatable bonds is 4. The maximum absolute atomic E-state index is 5.18. The summed E-state index contributed by atoms with van der Waals surface area (Å²) in [7, 11) is 3.15. The molecule has 4 heteroatoms. The smallest absolute Gasteiger partial charge is 0.220 e. The predicted molar refractivity (Wildman–Crippen MR) is 86.0 cm³/mol. The SMILES string of the molecule is COc1cc(OC)nc(-c2ccc(-c3ccccc3)cc2)n1. The summed E-state index contributed by atoms with van der Waals surface area (Å²) in [5.74, 6) is 1.54. The summed E-state index contributed by atoms with van der Waals surface area (Å²) in [5.41, 5.74) is 3.24. The second-order valence-corrected chi connectivity index (χ2v) is 4.72. The highest BCUT2D eigenvalue weighted by Gasteiger charge is 2.08. The summed E-state index contributed by atoms with van der Waals surface area (Å²) in [5, 5.41) is 0. The minimum atomic E-state index is 0.481. The number of benzene rings is 2. The molecule has 2 aromatic carbocycles. The summed E-state index contributed by atoms with van der Waals surface area (Å²) in [6.07, 6.45) is 0. The molecule has 0 spiro atoms. The quantitative estimate of drug-likeness (QED) is 0.733. The molecule has 22 heavy (non-hydrogen) atoms. The summed E-state index contributed by atoms with van der Waals surface area (Å²) in [6, 6.07) is 20.0. The third-order valence-corrected chi connectivity index (χ3v) is 3.35. The number of hydrogen-bond donors (Lipinski definition) is 0. The maximum Gasteiger partial charge on any atom is 0.220 e. The van der Waals surface area contributed by atoms with E-state index in [0.29, 0.717) is 17.6 Å². The van der Waals surface area contributed by atoms with Crippen molar-refractivity contribution >= 4 is 0 Å². The van der Waals surface area contributed by atoms with E-state index in [1.165, 1.54) is 5.56 Å². The fraction of sp³-hybridized carbons (Fsp3) is 0.111. The zero-order valence-electron chi connectivity index (χ0n) is 12.5. The van der Waals surface area contributed by atoms with Gasteiger partial charge < -0.3 is 9.47 Å². The van der Waals surface area contributed by atoms with Crippen LogP contribution in [0, 0.1) is 0 Å². The Hall–Kier alpha value is -2.88. The third kappa shape index (κ3) is 2.91. The molecule has 0 amide bonds. The topological polar surface area (TPSA) is 44.2 Å². The molecule has 1 heterocycles. The molecule has 0 aliphatic rings. The average Bonchev–Trinajstić information content (AvgIpc) is 2.62. The van der Waals surface area contributed by atoms with Crippen molar-refractivity contribution in [3.05, 3.63) is 60.7 Å². The minimum Gasteiger partial charge on any atom is -0.481 e. The van der Waals surface area contributed by atoms with E-state index in [1.807, 2.05) is 30.3 Å². The molecule has 110 valence electrons. The number of aromatic nitrogens is 2. The largest absolute Gasteiger partial charge is 0.481 e. The van der Waals surface area contributed by atoms with Crippen molar-refractivity contribution in [1.29, 1.82) is 0 Å². The Balaban J connectivity index is 1.96. The first-order chi connectivity index (χ1) is 10.8. The Kier molecular flexibility index (Phi) is 4.01. The van der Waals surface area contributed by atoms with Crippen molar-refractivity contribution in [3.63, 3.8) is 0 Å². The molecule has 0 aliphatic heterocycles. The fourth-order valence-corrected chi connectivity index (χ4v) is 2.18. The zero-order chi connectivity index (χ0) is 15.4. The lowest BCUT2D eigenvalue weighted by molar-refractivity contribution is 0.372. The van der Waals surface area contributed by atoms with E-state index in [4.69, 9.17) is 9.47 Å². The molecule has 3 rings (SSSR count). The maximum atomic E-state index is 5.18. The van der Waals surface area contributed by atoms with Gasteiger partial charge in [-0.15, -0.1) is 0 Å². The summed E-state index contributed by atoms with van der Waals surface area (Å²) in [6.45, 7) is 0. The molecule has 0 saturated heterocycles. The van der Waals surface area contributed by atoms with Gasteiger partial charge in [-0.2, -0.15) is 9.97 Å². The molecule has 0 radical (unpaired) electrons. The average molecular weight is 292 g/mol. The van der Waals surface area contributed by atoms with Gasteiger partial charge in [-0.1, -0.05) is 54.6 Å². The van der Waals surface area contributed by atoms with Gasteiger partial charge in [0.05, 0.1) is 20.3 Å². The summed E-state index contributed by atoms with van der Waals surface area (Å²) in [4.78, 5) is 8.72. The first kappa shape index (κ1) is 14.1. The zero-order valence-corrected chi connectivity index (χ0v) is 12.5. The number of ether oxygens (including phenoxy) is 2. The van der Waals surface area contributed by atoms with Gasteiger partial charge in [-0.3, -0.25) is 0 Å². The van der Waals surface area contributed by atoms with Crippen LogP contribution < -0.4 is 9.47 Å². The molecular formula is C18H16N2O2. The highest BCUT2D eigenvalue weighted by Crippen LogP contribution is 2.25. The van der Waals surface area contributed by atoms with Crippen molar-refractivity contribution in [3.8, 4) is 34.3 Å². The van der Waals surface area contributed by atoms with Gasteiger partial charge in [-0.05, 0) is 11.1 Å². The summed E-state index contributed by atoms with van der Waals surface area (Å²) < 4.78 is 10.4. The third-order valence-electron chi connectivity index (χ3n) is 3.35. The molecule has 0 unspecified atom stereocenters. The van der Waals surface area contributed by atoms with Crippen molar-refractivity contribution in [2.45, 2.75) is 0 Å². The lowest BCUT2D eigenvalue weighted by atomic mass is 10.0. The number of methoxy groups -OCH3 is 2. The van der Waals surface area contributed by atoms with Crippen LogP contribution in [-0.2, 0) is 0 Å². The van der Waals surface area contributed by atoms with Gasteiger partial charge in [-0.25, -0.2) is 0 Å². The standard InChI is InChI=1S/C18H16N2O2/c1-21-16-12-17(22-2)20-18(19-16)15-10-8-14(9-11-15)13-6-4-3-5-7-13/h3-12H,1-2H3. The van der Waals surface area contributed by atoms with Crippen LogP contribution >= 0.6 is 0 Å². The van der Waals surface area contributed by atoms with E-state index >= 15 is 0 Å². The predicted octanol–water partition coefficient (Wildman–Crippen LogP) is 3.83. The van der Waals surface area contributed by atoms with Gasteiger partial charge >= 0.3 is 0 Å². The lowest BCUT2D eigenvalue weighted by Gasteiger charge is -2.07. The van der Waals surface area contributed by atoms with Gasteiger partial charge in [0, 0.05) is 5.56 Å². The fourth-order valence-electron chi connectivity index (χ4n) is 2.18. The van der Waals surface area contributed by atoms with E-state index in [9.17, 15) is 0 Å². The Labute approximate surface area is 129 Å². The van der Waals surface area contributed by atoms with Crippen LogP contribution in [0.3, 0.4) is 0 Å². The van der Waals surface area contributed by atoms with Crippen molar-refractivity contribution < 1.29 is 9.47 Å². The van der Waals surface area contributed by atoms with Gasteiger partial charge in [0.15, 0.2) is 5.82 Å². The van der Waals surface area contributed by atoms with Crippen LogP contribution in [0.25, 0.3) is 22.5 Å². The second kappa shape index (κ2) is 6.26. The Morgan fingerprint density at radius 2 is 1.14 bits per heavy atom. The van der Waals surface area contributed by atoms with Crippen molar-refractivity contribution in [2.24, 2.45) is 0 Å². The molecule has 0 atom stereocenters. The van der Waals surface area contributed by atoms with Crippen molar-refractivity contribution in [2.75, 3.05) is 14.2 Å². The van der Waals surface area contributed by atoms with Gasteiger partial charge in [0.1, 0.15) is 0 Å². The van der Waals surface area contributed by atoms with Crippen LogP contribution in [0.2, 0.25) is 0 Å². The minimum absolute atomic E-state index is 0.481. The van der Waals surface area contributed by atoms with Gasteiger partial charge in [0.2, 0.25) is 11.8 Å². The van der Waals surface area contributed by atoms with Crippen molar-refractivity contribution in [1.82, 2.24) is 9.97 Å². The highest BCUT2D eigenvalue weighted by atomic mass is 16.5. The summed E-state index contributed by atoms with van der Waals surface area (Å²) >= 11 is 0. The molecule has 0 saturated carbocycles. The Morgan fingerprint density at radius 3 is 1.68 bits per heavy atom. The van der Waals surface area contributed by atoms with Crippen LogP contribution in [0.1, 0.15) is 0 Å². The Morgan fingerprint density at radius 1 is 0.636 bits per heavy atom. The first-order valence-electron chi connectivity index (χ1n) is 6.93. The number of hydrogen-bond acceptors (Lipinski definition) is 4. The van der Waals surface area contributed by atoms with Crippen LogP contribution in [0.15, 0.2) is 60.7 Å². The lowest BCUT2D eigenvalue weighted by Crippen LogP contribution is -1.97. The molecule has 0 N–H and O–H groups in total. The van der Waals surface area contributed by atoms with E-state index in [0.717, 1.165) is 11.1 Å². The monoisotopic (exact) mass is 292 g/mol. The first-order valence-corrected chi connectivity index (χ1v) is 6.93. The molecular weight excluding hydrogens is 276 g/mol. The van der Waals surface area contributed by atoms with E-state index < -0.39 is 0 Å². The Bertz CT molecular complexity index is 734. The molecule has 4 nitrogen and oxygen atoms in total. The molecule has 1 aromatic heterocycles. The van der Waals surface area contributed by atoms with Crippen LogP contribution in [0.5, 0.6) is 11.8 Å². The second-order valence-electron chi connectivity index (χ2n) is 4.72. The van der Waals surface area contributed by atoms with E-state index in [1.54, 1.807) is 20.3 Å². The molecule has 0 bridgehead atoms. The highest BCUT2D eigenvalue weighted by molar-refractivity contribution is 5.67. The van der Waals surface area contributed by atoms with E-state index in [2.05, 4.69) is 34.2 Å². The molecule has 0 fully saturated rings. The molecule has 3 aromatic rings. The normalized spacial score (nSPS) is 10.3.